The maximum atomic E-state index is 12.7. The molecule has 1 saturated heterocycles. The lowest BCUT2D eigenvalue weighted by molar-refractivity contribution is -0.122. The number of nitrogens with one attached hydrogen (secondary N) is 1. The van der Waals surface area contributed by atoms with E-state index in [1.54, 1.807) is 42.5 Å². The summed E-state index contributed by atoms with van der Waals surface area (Å²) in [5.41, 5.74) is 1.33. The van der Waals surface area contributed by atoms with Gasteiger partial charge in [-0.2, -0.15) is 0 Å². The van der Waals surface area contributed by atoms with Gasteiger partial charge in [0.05, 0.1) is 12.0 Å². The average molecular weight is 373 g/mol. The van der Waals surface area contributed by atoms with Crippen molar-refractivity contribution in [3.05, 3.63) is 70.7 Å². The van der Waals surface area contributed by atoms with Crippen LogP contribution in [-0.4, -0.2) is 16.9 Å². The standard InChI is InChI=1S/C18H13ClN2O3S/c1-11-7-8-12(10-15(11)19)21-17(23)14(16(22)20-18(21)25)6-2-4-13-5-3-9-24-13/h2-10H,1H3,(H,20,22,25)/b4-2+,14-6+. The third kappa shape index (κ3) is 3.55. The lowest BCUT2D eigenvalue weighted by atomic mass is 10.1. The predicted molar refractivity (Wildman–Crippen MR) is 100 cm³/mol. The van der Waals surface area contributed by atoms with Crippen molar-refractivity contribution in [3.63, 3.8) is 0 Å². The minimum Gasteiger partial charge on any atom is -0.465 e. The predicted octanol–water partition coefficient (Wildman–Crippen LogP) is 3.63. The van der Waals surface area contributed by atoms with Crippen molar-refractivity contribution in [2.24, 2.45) is 0 Å². The van der Waals surface area contributed by atoms with Gasteiger partial charge in [-0.15, -0.1) is 0 Å². The van der Waals surface area contributed by atoms with Gasteiger partial charge in [0.15, 0.2) is 5.11 Å². The first-order valence-corrected chi connectivity index (χ1v) is 8.14. The molecule has 1 aliphatic heterocycles. The van der Waals surface area contributed by atoms with E-state index in [1.807, 2.05) is 6.92 Å². The van der Waals surface area contributed by atoms with E-state index in [0.29, 0.717) is 16.5 Å². The van der Waals surface area contributed by atoms with Crippen LogP contribution in [0.1, 0.15) is 11.3 Å². The van der Waals surface area contributed by atoms with E-state index in [0.717, 1.165) is 5.56 Å². The Bertz CT molecular complexity index is 916. The molecule has 1 aromatic carbocycles. The van der Waals surface area contributed by atoms with E-state index < -0.39 is 11.8 Å². The number of halogens is 1. The molecule has 1 aromatic heterocycles. The third-order valence-corrected chi connectivity index (χ3v) is 4.27. The number of carbonyl (C=O) groups is 2. The fourth-order valence-corrected chi connectivity index (χ4v) is 2.71. The van der Waals surface area contributed by atoms with Crippen molar-refractivity contribution in [2.75, 3.05) is 4.90 Å². The molecule has 1 aliphatic rings. The second-order valence-electron chi connectivity index (χ2n) is 5.29. The van der Waals surface area contributed by atoms with Gasteiger partial charge in [-0.25, -0.2) is 0 Å². The minimum atomic E-state index is -0.548. The van der Waals surface area contributed by atoms with E-state index in [1.165, 1.54) is 17.2 Å². The molecule has 3 rings (SSSR count). The highest BCUT2D eigenvalue weighted by atomic mass is 35.5. The second-order valence-corrected chi connectivity index (χ2v) is 6.08. The number of allylic oxidation sites excluding steroid dienone is 2. The number of amides is 2. The Morgan fingerprint density at radius 2 is 2.08 bits per heavy atom. The lowest BCUT2D eigenvalue weighted by Crippen LogP contribution is -2.54. The summed E-state index contributed by atoms with van der Waals surface area (Å²) in [6.45, 7) is 1.86. The van der Waals surface area contributed by atoms with Gasteiger partial charge in [0.25, 0.3) is 11.8 Å². The molecule has 0 radical (unpaired) electrons. The summed E-state index contributed by atoms with van der Waals surface area (Å²) in [6.07, 6.45) is 6.17. The van der Waals surface area contributed by atoms with E-state index in [-0.39, 0.29) is 10.7 Å². The van der Waals surface area contributed by atoms with Crippen LogP contribution in [0, 0.1) is 6.92 Å². The number of carbonyl (C=O) groups excluding carboxylic acids is 2. The zero-order chi connectivity index (χ0) is 18.0. The number of furan rings is 1. The first-order chi connectivity index (χ1) is 12.0. The van der Waals surface area contributed by atoms with Gasteiger partial charge in [-0.05, 0) is 61.1 Å². The Labute approximate surface area is 154 Å². The van der Waals surface area contributed by atoms with E-state index in [2.05, 4.69) is 5.32 Å². The summed E-state index contributed by atoms with van der Waals surface area (Å²) in [5.74, 6) is -0.454. The van der Waals surface area contributed by atoms with E-state index in [9.17, 15) is 9.59 Å². The minimum absolute atomic E-state index is 0.0158. The fraction of sp³-hybridized carbons (Fsp3) is 0.0556. The molecule has 0 spiro atoms. The molecular weight excluding hydrogens is 360 g/mol. The molecule has 0 bridgehead atoms. The number of hydrogen-bond acceptors (Lipinski definition) is 4. The normalized spacial score (nSPS) is 16.8. The number of rotatable bonds is 3. The fourth-order valence-electron chi connectivity index (χ4n) is 2.26. The Balaban J connectivity index is 1.92. The van der Waals surface area contributed by atoms with Crippen molar-refractivity contribution < 1.29 is 14.0 Å². The summed E-state index contributed by atoms with van der Waals surface area (Å²) >= 11 is 11.3. The second kappa shape index (κ2) is 7.04. The zero-order valence-electron chi connectivity index (χ0n) is 13.2. The first-order valence-electron chi connectivity index (χ1n) is 7.35. The van der Waals surface area contributed by atoms with Crippen molar-refractivity contribution in [2.45, 2.75) is 6.92 Å². The number of aryl methyl sites for hydroxylation is 1. The average Bonchev–Trinajstić information content (AvgIpc) is 3.07. The molecule has 5 nitrogen and oxygen atoms in total. The molecular formula is C18H13ClN2O3S. The van der Waals surface area contributed by atoms with Crippen LogP contribution in [-0.2, 0) is 9.59 Å². The molecule has 25 heavy (non-hydrogen) atoms. The number of hydrogen-bond donors (Lipinski definition) is 1. The molecule has 126 valence electrons. The van der Waals surface area contributed by atoms with Crippen LogP contribution in [0.2, 0.25) is 5.02 Å². The Kier molecular flexibility index (Phi) is 4.83. The van der Waals surface area contributed by atoms with Gasteiger partial charge in [-0.3, -0.25) is 19.8 Å². The third-order valence-electron chi connectivity index (χ3n) is 3.58. The van der Waals surface area contributed by atoms with E-state index >= 15 is 0 Å². The molecule has 1 N–H and O–H groups in total. The van der Waals surface area contributed by atoms with Crippen molar-refractivity contribution in [1.82, 2.24) is 5.32 Å². The van der Waals surface area contributed by atoms with Crippen LogP contribution >= 0.6 is 23.8 Å². The van der Waals surface area contributed by atoms with Gasteiger partial charge in [0.2, 0.25) is 0 Å². The Morgan fingerprint density at radius 1 is 1.28 bits per heavy atom. The van der Waals surface area contributed by atoms with Crippen LogP contribution in [0.15, 0.2) is 58.7 Å². The summed E-state index contributed by atoms with van der Waals surface area (Å²) in [6, 6.07) is 8.64. The quantitative estimate of drug-likeness (QED) is 0.507. The topological polar surface area (TPSA) is 62.6 Å². The van der Waals surface area contributed by atoms with Gasteiger partial charge >= 0.3 is 0 Å². The first kappa shape index (κ1) is 17.1. The number of anilines is 1. The van der Waals surface area contributed by atoms with Crippen LogP contribution < -0.4 is 10.2 Å². The number of benzene rings is 1. The van der Waals surface area contributed by atoms with E-state index in [4.69, 9.17) is 28.2 Å². The maximum absolute atomic E-state index is 12.7. The molecule has 0 saturated carbocycles. The highest BCUT2D eigenvalue weighted by molar-refractivity contribution is 7.80. The summed E-state index contributed by atoms with van der Waals surface area (Å²) < 4.78 is 5.16. The van der Waals surface area contributed by atoms with Crippen LogP contribution in [0.4, 0.5) is 5.69 Å². The molecule has 2 aromatic rings. The SMILES string of the molecule is Cc1ccc(N2C(=O)/C(=C/C=C/c3ccco3)C(=O)NC2=S)cc1Cl. The molecule has 2 amide bonds. The van der Waals surface area contributed by atoms with Crippen molar-refractivity contribution in [1.29, 1.82) is 0 Å². The molecule has 0 atom stereocenters. The number of nitrogens with zero attached hydrogens (tertiary/aromatic N) is 1. The van der Waals surface area contributed by atoms with Gasteiger partial charge in [0, 0.05) is 5.02 Å². The van der Waals surface area contributed by atoms with Gasteiger partial charge in [0.1, 0.15) is 11.3 Å². The van der Waals surface area contributed by atoms with Crippen molar-refractivity contribution in [3.8, 4) is 0 Å². The molecule has 0 unspecified atom stereocenters. The monoisotopic (exact) mass is 372 g/mol. The highest BCUT2D eigenvalue weighted by Crippen LogP contribution is 2.26. The molecule has 2 heterocycles. The summed E-state index contributed by atoms with van der Waals surface area (Å²) in [5, 5.41) is 3.04. The molecule has 0 aliphatic carbocycles. The highest BCUT2D eigenvalue weighted by Gasteiger charge is 2.34. The van der Waals surface area contributed by atoms with Gasteiger partial charge in [-0.1, -0.05) is 23.7 Å². The van der Waals surface area contributed by atoms with Crippen LogP contribution in [0.25, 0.3) is 6.08 Å². The summed E-state index contributed by atoms with van der Waals surface area (Å²) in [7, 11) is 0. The zero-order valence-corrected chi connectivity index (χ0v) is 14.7. The molecule has 7 heteroatoms. The maximum Gasteiger partial charge on any atom is 0.270 e. The number of thiocarbonyl (C=S) groups is 1. The summed E-state index contributed by atoms with van der Waals surface area (Å²) in [4.78, 5) is 26.1. The van der Waals surface area contributed by atoms with Crippen LogP contribution in [0.3, 0.4) is 0 Å². The Morgan fingerprint density at radius 3 is 2.76 bits per heavy atom. The lowest BCUT2D eigenvalue weighted by Gasteiger charge is -2.29. The Hall–Kier alpha value is -2.70. The van der Waals surface area contributed by atoms with Crippen LogP contribution in [0.5, 0.6) is 0 Å². The largest absolute Gasteiger partial charge is 0.465 e. The van der Waals surface area contributed by atoms with Gasteiger partial charge < -0.3 is 4.42 Å². The smallest absolute Gasteiger partial charge is 0.270 e. The van der Waals surface area contributed by atoms with Crippen molar-refractivity contribution >= 4 is 52.5 Å². The molecule has 1 fully saturated rings.